The predicted molar refractivity (Wildman–Crippen MR) is 44.4 cm³/mol. The van der Waals surface area contributed by atoms with Gasteiger partial charge in [0.05, 0.1) is 5.69 Å². The molecule has 1 aromatic rings. The molecule has 1 rings (SSSR count). The molecule has 1 aromatic heterocycles. The molecule has 0 saturated carbocycles. The lowest BCUT2D eigenvalue weighted by molar-refractivity contribution is 1.10. The molecule has 0 amide bonds. The van der Waals surface area contributed by atoms with E-state index in [-0.39, 0.29) is 0 Å². The van der Waals surface area contributed by atoms with Gasteiger partial charge in [0.15, 0.2) is 4.73 Å². The van der Waals surface area contributed by atoms with Crippen molar-refractivity contribution in [1.29, 1.82) is 0 Å². The van der Waals surface area contributed by atoms with Crippen LogP contribution in [0, 0.1) is 0 Å². The summed E-state index contributed by atoms with van der Waals surface area (Å²) in [6.07, 6.45) is 5.58. The van der Waals surface area contributed by atoms with Crippen LogP contribution in [0.25, 0.3) is 6.08 Å². The van der Waals surface area contributed by atoms with Crippen molar-refractivity contribution in [3.8, 4) is 0 Å². The van der Waals surface area contributed by atoms with Crippen LogP contribution in [0.5, 0.6) is 0 Å². The molecule has 0 saturated heterocycles. The molecule has 0 N–H and O–H groups in total. The fourth-order valence-electron chi connectivity index (χ4n) is 0.611. The Hall–Kier alpha value is -0.700. The molecule has 0 atom stereocenters. The van der Waals surface area contributed by atoms with Gasteiger partial charge in [-0.3, -0.25) is 0 Å². The number of allylic oxidation sites excluding steroid dienone is 1. The summed E-state index contributed by atoms with van der Waals surface area (Å²) in [6, 6.07) is 1.85. The highest BCUT2D eigenvalue weighted by molar-refractivity contribution is 9.10. The van der Waals surface area contributed by atoms with Gasteiger partial charge in [-0.1, -0.05) is 6.08 Å². The summed E-state index contributed by atoms with van der Waals surface area (Å²) in [5.41, 5.74) is 0.921. The molecule has 52 valence electrons. The van der Waals surface area contributed by atoms with E-state index in [1.807, 2.05) is 25.1 Å². The summed E-state index contributed by atoms with van der Waals surface area (Å²) in [6.45, 7) is 1.95. The minimum absolute atomic E-state index is 0.628. The number of aromatic nitrogens is 2. The molecular formula is C7H7BrN2. The van der Waals surface area contributed by atoms with Crippen molar-refractivity contribution < 1.29 is 0 Å². The SMILES string of the molecule is CC=Cc1ccnc(Br)n1. The Kier molecular flexibility index (Phi) is 2.57. The lowest BCUT2D eigenvalue weighted by atomic mass is 10.4. The Morgan fingerprint density at radius 2 is 2.40 bits per heavy atom. The standard InChI is InChI=1S/C7H7BrN2/c1-2-3-6-4-5-9-7(8)10-6/h2-5H,1H3. The second kappa shape index (κ2) is 3.46. The van der Waals surface area contributed by atoms with E-state index in [0.717, 1.165) is 5.69 Å². The van der Waals surface area contributed by atoms with Crippen LogP contribution >= 0.6 is 15.9 Å². The summed E-state index contributed by atoms with van der Waals surface area (Å²) in [5.74, 6) is 0. The van der Waals surface area contributed by atoms with E-state index in [1.165, 1.54) is 0 Å². The molecule has 0 fully saturated rings. The van der Waals surface area contributed by atoms with Gasteiger partial charge in [0.1, 0.15) is 0 Å². The third kappa shape index (κ3) is 1.92. The number of rotatable bonds is 1. The first-order chi connectivity index (χ1) is 4.83. The van der Waals surface area contributed by atoms with Crippen molar-refractivity contribution in [3.05, 3.63) is 28.8 Å². The molecule has 0 radical (unpaired) electrons. The molecule has 0 spiro atoms. The van der Waals surface area contributed by atoms with Crippen LogP contribution < -0.4 is 0 Å². The first-order valence-corrected chi connectivity index (χ1v) is 3.73. The Morgan fingerprint density at radius 3 is 3.00 bits per heavy atom. The minimum atomic E-state index is 0.628. The molecule has 0 bridgehead atoms. The van der Waals surface area contributed by atoms with Crippen molar-refractivity contribution in [2.75, 3.05) is 0 Å². The first kappa shape index (κ1) is 7.41. The van der Waals surface area contributed by atoms with E-state index in [4.69, 9.17) is 0 Å². The second-order valence-electron chi connectivity index (χ2n) is 1.75. The predicted octanol–water partition coefficient (Wildman–Crippen LogP) is 2.27. The zero-order valence-corrected chi connectivity index (χ0v) is 7.17. The maximum atomic E-state index is 4.08. The van der Waals surface area contributed by atoms with E-state index in [0.29, 0.717) is 4.73 Å². The van der Waals surface area contributed by atoms with Gasteiger partial charge >= 0.3 is 0 Å². The van der Waals surface area contributed by atoms with Crippen LogP contribution in [0.3, 0.4) is 0 Å². The normalized spacial score (nSPS) is 10.6. The quantitative estimate of drug-likeness (QED) is 0.648. The average molecular weight is 199 g/mol. The van der Waals surface area contributed by atoms with Gasteiger partial charge in [0.25, 0.3) is 0 Å². The van der Waals surface area contributed by atoms with Gasteiger partial charge in [-0.25, -0.2) is 9.97 Å². The minimum Gasteiger partial charge on any atom is -0.231 e. The largest absolute Gasteiger partial charge is 0.231 e. The fourth-order valence-corrected chi connectivity index (χ4v) is 0.934. The molecule has 0 aliphatic carbocycles. The summed E-state index contributed by atoms with van der Waals surface area (Å²) >= 11 is 3.18. The Bertz CT molecular complexity index is 245. The van der Waals surface area contributed by atoms with E-state index < -0.39 is 0 Å². The summed E-state index contributed by atoms with van der Waals surface area (Å²) < 4.78 is 0.628. The summed E-state index contributed by atoms with van der Waals surface area (Å²) in [5, 5.41) is 0. The van der Waals surface area contributed by atoms with Crippen LogP contribution in [-0.2, 0) is 0 Å². The zero-order valence-electron chi connectivity index (χ0n) is 5.58. The summed E-state index contributed by atoms with van der Waals surface area (Å²) in [4.78, 5) is 7.98. The highest BCUT2D eigenvalue weighted by Gasteiger charge is 1.88. The van der Waals surface area contributed by atoms with Crippen LogP contribution in [0.15, 0.2) is 23.1 Å². The van der Waals surface area contributed by atoms with E-state index in [9.17, 15) is 0 Å². The zero-order chi connectivity index (χ0) is 7.40. The first-order valence-electron chi connectivity index (χ1n) is 2.94. The van der Waals surface area contributed by atoms with Crippen LogP contribution in [0.4, 0.5) is 0 Å². The van der Waals surface area contributed by atoms with Crippen molar-refractivity contribution in [3.63, 3.8) is 0 Å². The highest BCUT2D eigenvalue weighted by atomic mass is 79.9. The Labute approximate surface area is 68.1 Å². The molecule has 2 nitrogen and oxygen atoms in total. The molecular weight excluding hydrogens is 192 g/mol. The van der Waals surface area contributed by atoms with Crippen LogP contribution in [0.2, 0.25) is 0 Å². The average Bonchev–Trinajstić information content (AvgIpc) is 1.88. The van der Waals surface area contributed by atoms with Crippen molar-refractivity contribution in [2.45, 2.75) is 6.92 Å². The van der Waals surface area contributed by atoms with Gasteiger partial charge in [0.2, 0.25) is 0 Å². The lowest BCUT2D eigenvalue weighted by Gasteiger charge is -1.90. The molecule has 10 heavy (non-hydrogen) atoms. The van der Waals surface area contributed by atoms with E-state index >= 15 is 0 Å². The second-order valence-corrected chi connectivity index (χ2v) is 2.46. The highest BCUT2D eigenvalue weighted by Crippen LogP contribution is 2.02. The number of halogens is 1. The van der Waals surface area contributed by atoms with Gasteiger partial charge in [-0.2, -0.15) is 0 Å². The van der Waals surface area contributed by atoms with Gasteiger partial charge in [-0.05, 0) is 35.0 Å². The third-order valence-electron chi connectivity index (χ3n) is 0.985. The number of hydrogen-bond acceptors (Lipinski definition) is 2. The smallest absolute Gasteiger partial charge is 0.197 e. The monoisotopic (exact) mass is 198 g/mol. The maximum Gasteiger partial charge on any atom is 0.197 e. The van der Waals surface area contributed by atoms with Crippen molar-refractivity contribution in [1.82, 2.24) is 9.97 Å². The molecule has 0 aromatic carbocycles. The molecule has 3 heteroatoms. The topological polar surface area (TPSA) is 25.8 Å². The van der Waals surface area contributed by atoms with Gasteiger partial charge in [0, 0.05) is 6.20 Å². The molecule has 0 unspecified atom stereocenters. The lowest BCUT2D eigenvalue weighted by Crippen LogP contribution is -1.83. The van der Waals surface area contributed by atoms with Crippen molar-refractivity contribution in [2.24, 2.45) is 0 Å². The van der Waals surface area contributed by atoms with Gasteiger partial charge in [-0.15, -0.1) is 0 Å². The van der Waals surface area contributed by atoms with E-state index in [1.54, 1.807) is 6.20 Å². The van der Waals surface area contributed by atoms with Crippen LogP contribution in [0.1, 0.15) is 12.6 Å². The Balaban J connectivity index is 2.95. The molecule has 1 heterocycles. The summed E-state index contributed by atoms with van der Waals surface area (Å²) in [7, 11) is 0. The number of nitrogens with zero attached hydrogens (tertiary/aromatic N) is 2. The van der Waals surface area contributed by atoms with Gasteiger partial charge < -0.3 is 0 Å². The number of hydrogen-bond donors (Lipinski definition) is 0. The van der Waals surface area contributed by atoms with Crippen LogP contribution in [-0.4, -0.2) is 9.97 Å². The molecule has 0 aliphatic heterocycles. The van der Waals surface area contributed by atoms with Crippen molar-refractivity contribution >= 4 is 22.0 Å². The fraction of sp³-hybridized carbons (Fsp3) is 0.143. The third-order valence-corrected chi connectivity index (χ3v) is 1.37. The van der Waals surface area contributed by atoms with E-state index in [2.05, 4.69) is 25.9 Å². The maximum absolute atomic E-state index is 4.08. The Morgan fingerprint density at radius 1 is 1.60 bits per heavy atom. The molecule has 0 aliphatic rings.